The summed E-state index contributed by atoms with van der Waals surface area (Å²) in [5.74, 6) is 0.852. The monoisotopic (exact) mass is 400 g/mol. The summed E-state index contributed by atoms with van der Waals surface area (Å²) < 4.78 is 27.9. The van der Waals surface area contributed by atoms with E-state index in [4.69, 9.17) is 5.73 Å². The number of fused-ring (bicyclic) bond motifs is 2. The Balaban J connectivity index is 1.83. The molecule has 2 aromatic rings. The number of anilines is 2. The molecule has 0 saturated carbocycles. The lowest BCUT2D eigenvalue weighted by Crippen LogP contribution is -2.30. The van der Waals surface area contributed by atoms with Gasteiger partial charge in [-0.25, -0.2) is 8.78 Å². The number of allylic oxidation sites excluding steroid dienone is 1. The van der Waals surface area contributed by atoms with E-state index < -0.39 is 6.43 Å². The molecule has 0 bridgehead atoms. The van der Waals surface area contributed by atoms with Crippen LogP contribution >= 0.6 is 0 Å². The highest BCUT2D eigenvalue weighted by Gasteiger charge is 2.29. The second-order valence-electron chi connectivity index (χ2n) is 7.63. The Kier molecular flexibility index (Phi) is 5.36. The molecule has 1 aromatic heterocycles. The quantitative estimate of drug-likeness (QED) is 0.772. The third-order valence-electron chi connectivity index (χ3n) is 5.72. The van der Waals surface area contributed by atoms with Gasteiger partial charge in [-0.05, 0) is 43.1 Å². The standard InChI is InChI=1S/C21H26F2N6/c1-25-11-14(10-24)15-8-13-4-3-6-29(19(13)9-16(15)20(22)23)21-17-12-28(2)7-5-18(17)26-27-21/h8-11,20H,3-7,12,24H2,1-2H3,(H,26,27)/b14-10+,25-11?. The number of hydrogen-bond donors (Lipinski definition) is 2. The Morgan fingerprint density at radius 2 is 2.14 bits per heavy atom. The van der Waals surface area contributed by atoms with E-state index in [1.807, 2.05) is 6.07 Å². The van der Waals surface area contributed by atoms with Crippen LogP contribution in [0.4, 0.5) is 20.3 Å². The Hall–Kier alpha value is -2.74. The van der Waals surface area contributed by atoms with E-state index in [2.05, 4.69) is 32.0 Å². The van der Waals surface area contributed by atoms with Crippen LogP contribution in [0.1, 0.15) is 40.8 Å². The van der Waals surface area contributed by atoms with Gasteiger partial charge in [0.25, 0.3) is 6.43 Å². The summed E-state index contributed by atoms with van der Waals surface area (Å²) in [7, 11) is 3.68. The predicted molar refractivity (Wildman–Crippen MR) is 112 cm³/mol. The van der Waals surface area contributed by atoms with Gasteiger partial charge >= 0.3 is 0 Å². The molecule has 6 nitrogen and oxygen atoms in total. The second kappa shape index (κ2) is 7.94. The Labute approximate surface area is 169 Å². The van der Waals surface area contributed by atoms with Gasteiger partial charge in [-0.15, -0.1) is 0 Å². The zero-order chi connectivity index (χ0) is 20.5. The molecule has 3 N–H and O–H groups in total. The Bertz CT molecular complexity index is 962. The number of nitrogens with two attached hydrogens (primary N) is 1. The number of halogens is 2. The van der Waals surface area contributed by atoms with Crippen molar-refractivity contribution >= 4 is 23.3 Å². The average molecular weight is 400 g/mol. The van der Waals surface area contributed by atoms with Crippen molar-refractivity contribution in [3.05, 3.63) is 46.3 Å². The number of nitrogens with zero attached hydrogens (tertiary/aromatic N) is 4. The van der Waals surface area contributed by atoms with Gasteiger partial charge in [0.05, 0.1) is 0 Å². The van der Waals surface area contributed by atoms with Crippen molar-refractivity contribution < 1.29 is 8.78 Å². The molecule has 0 fully saturated rings. The van der Waals surface area contributed by atoms with Crippen LogP contribution in [0.5, 0.6) is 0 Å². The molecule has 8 heteroatoms. The highest BCUT2D eigenvalue weighted by molar-refractivity contribution is 6.10. The molecular weight excluding hydrogens is 374 g/mol. The lowest BCUT2D eigenvalue weighted by atomic mass is 9.92. The average Bonchev–Trinajstić information content (AvgIpc) is 3.13. The van der Waals surface area contributed by atoms with Crippen LogP contribution < -0.4 is 10.6 Å². The summed E-state index contributed by atoms with van der Waals surface area (Å²) in [5.41, 5.74) is 10.8. The van der Waals surface area contributed by atoms with Crippen molar-refractivity contribution in [3.8, 4) is 0 Å². The first-order valence-electron chi connectivity index (χ1n) is 9.85. The first-order chi connectivity index (χ1) is 14.0. The van der Waals surface area contributed by atoms with E-state index in [0.717, 1.165) is 67.2 Å². The van der Waals surface area contributed by atoms with Gasteiger partial charge in [0.15, 0.2) is 5.82 Å². The van der Waals surface area contributed by atoms with E-state index in [-0.39, 0.29) is 5.56 Å². The number of aromatic nitrogens is 2. The molecule has 0 aliphatic carbocycles. The minimum absolute atomic E-state index is 0.0335. The largest absolute Gasteiger partial charge is 0.404 e. The normalized spacial score (nSPS) is 17.8. The third-order valence-corrected chi connectivity index (χ3v) is 5.72. The number of hydrogen-bond acceptors (Lipinski definition) is 5. The zero-order valence-corrected chi connectivity index (χ0v) is 16.8. The maximum Gasteiger partial charge on any atom is 0.264 e. The lowest BCUT2D eigenvalue weighted by molar-refractivity contribution is 0.151. The highest BCUT2D eigenvalue weighted by Crippen LogP contribution is 2.41. The van der Waals surface area contributed by atoms with Gasteiger partial charge in [-0.1, -0.05) is 0 Å². The van der Waals surface area contributed by atoms with Gasteiger partial charge in [0, 0.05) is 73.6 Å². The molecule has 29 heavy (non-hydrogen) atoms. The fraction of sp³-hybridized carbons (Fsp3) is 0.429. The Morgan fingerprint density at radius 1 is 1.31 bits per heavy atom. The first-order valence-corrected chi connectivity index (χ1v) is 9.85. The molecule has 3 heterocycles. The topological polar surface area (TPSA) is 73.5 Å². The SMILES string of the molecule is CN=C/C(=C\N)c1cc2c(cc1C(F)F)N(c1n[nH]c3c1CN(C)CC3)CCC2. The van der Waals surface area contributed by atoms with Crippen molar-refractivity contribution in [2.45, 2.75) is 32.2 Å². The number of benzene rings is 1. The van der Waals surface area contributed by atoms with Crippen molar-refractivity contribution in [1.29, 1.82) is 0 Å². The van der Waals surface area contributed by atoms with Crippen LogP contribution in [0.25, 0.3) is 5.57 Å². The molecular formula is C21H26F2N6. The van der Waals surface area contributed by atoms with Crippen molar-refractivity contribution in [2.75, 3.05) is 32.1 Å². The maximum atomic E-state index is 14.0. The van der Waals surface area contributed by atoms with Crippen LogP contribution in [0.3, 0.4) is 0 Å². The number of H-pyrrole nitrogens is 1. The fourth-order valence-corrected chi connectivity index (χ4v) is 4.28. The number of aromatic amines is 1. The summed E-state index contributed by atoms with van der Waals surface area (Å²) in [6.45, 7) is 2.54. The van der Waals surface area contributed by atoms with E-state index in [9.17, 15) is 8.78 Å². The van der Waals surface area contributed by atoms with Crippen molar-refractivity contribution in [2.24, 2.45) is 10.7 Å². The summed E-state index contributed by atoms with van der Waals surface area (Å²) in [4.78, 5) is 8.30. The number of alkyl halides is 2. The maximum absolute atomic E-state index is 14.0. The molecule has 0 atom stereocenters. The second-order valence-corrected chi connectivity index (χ2v) is 7.63. The molecule has 0 saturated heterocycles. The van der Waals surface area contributed by atoms with E-state index in [0.29, 0.717) is 11.1 Å². The van der Waals surface area contributed by atoms with Crippen LogP contribution in [-0.4, -0.2) is 48.5 Å². The molecule has 154 valence electrons. The lowest BCUT2D eigenvalue weighted by Gasteiger charge is -2.33. The van der Waals surface area contributed by atoms with Gasteiger partial charge in [0.1, 0.15) is 0 Å². The van der Waals surface area contributed by atoms with E-state index in [1.54, 1.807) is 13.1 Å². The molecule has 4 rings (SSSR count). The summed E-state index contributed by atoms with van der Waals surface area (Å²) in [5, 5.41) is 7.72. The Morgan fingerprint density at radius 3 is 2.86 bits per heavy atom. The molecule has 2 aliphatic heterocycles. The van der Waals surface area contributed by atoms with E-state index in [1.165, 1.54) is 12.4 Å². The van der Waals surface area contributed by atoms with Crippen molar-refractivity contribution in [3.63, 3.8) is 0 Å². The number of aryl methyl sites for hydroxylation is 1. The van der Waals surface area contributed by atoms with Gasteiger partial charge in [0.2, 0.25) is 0 Å². The minimum atomic E-state index is -2.61. The molecule has 1 aromatic carbocycles. The fourth-order valence-electron chi connectivity index (χ4n) is 4.28. The summed E-state index contributed by atoms with van der Waals surface area (Å²) in [6, 6.07) is 3.45. The number of nitrogens with one attached hydrogen (secondary N) is 1. The summed E-state index contributed by atoms with van der Waals surface area (Å²) in [6.07, 6.45) is 2.92. The third kappa shape index (κ3) is 3.53. The van der Waals surface area contributed by atoms with E-state index >= 15 is 0 Å². The van der Waals surface area contributed by atoms with Gasteiger partial charge in [-0.2, -0.15) is 5.10 Å². The molecule has 0 spiro atoms. The molecule has 0 amide bonds. The van der Waals surface area contributed by atoms with Crippen LogP contribution in [-0.2, 0) is 19.4 Å². The number of rotatable bonds is 4. The number of likely N-dealkylation sites (N-methyl/N-ethyl adjacent to an activating group) is 1. The van der Waals surface area contributed by atoms with Crippen LogP contribution in [0.2, 0.25) is 0 Å². The molecule has 0 radical (unpaired) electrons. The van der Waals surface area contributed by atoms with Gasteiger partial charge < -0.3 is 15.5 Å². The minimum Gasteiger partial charge on any atom is -0.404 e. The molecule has 0 unspecified atom stereocenters. The highest BCUT2D eigenvalue weighted by atomic mass is 19.3. The van der Waals surface area contributed by atoms with Gasteiger partial charge in [-0.3, -0.25) is 10.1 Å². The van der Waals surface area contributed by atoms with Crippen molar-refractivity contribution in [1.82, 2.24) is 15.1 Å². The van der Waals surface area contributed by atoms with Crippen LogP contribution in [0.15, 0.2) is 23.3 Å². The summed E-state index contributed by atoms with van der Waals surface area (Å²) >= 11 is 0. The molecule has 2 aliphatic rings. The number of aliphatic imine (C=N–C) groups is 1. The van der Waals surface area contributed by atoms with Crippen LogP contribution in [0, 0.1) is 0 Å². The predicted octanol–water partition coefficient (Wildman–Crippen LogP) is 3.42. The first kappa shape index (κ1) is 19.6. The zero-order valence-electron chi connectivity index (χ0n) is 16.8. The smallest absolute Gasteiger partial charge is 0.264 e.